The number of ether oxygens (including phenoxy) is 1. The minimum Gasteiger partial charge on any atom is -0.480 e. The number of methoxy groups -OCH3 is 1. The van der Waals surface area contributed by atoms with Crippen LogP contribution in [0.5, 0.6) is 0 Å². The third kappa shape index (κ3) is 8.74. The van der Waals surface area contributed by atoms with E-state index in [0.29, 0.717) is 19.6 Å². The lowest BCUT2D eigenvalue weighted by Crippen LogP contribution is -2.47. The van der Waals surface area contributed by atoms with E-state index in [9.17, 15) is 14.7 Å². The first kappa shape index (κ1) is 26.1. The Balaban J connectivity index is 1.81. The van der Waals surface area contributed by atoms with Crippen LogP contribution in [0, 0.1) is 5.41 Å². The molecule has 8 heteroatoms. The van der Waals surface area contributed by atoms with E-state index in [-0.39, 0.29) is 5.91 Å². The molecule has 32 heavy (non-hydrogen) atoms. The molecule has 1 aromatic rings. The van der Waals surface area contributed by atoms with Gasteiger partial charge in [0.25, 0.3) is 0 Å². The number of nitrogens with one attached hydrogen (secondary N) is 2. The molecule has 0 aliphatic carbocycles. The SMILES string of the molecule is COCCN(CCCCc1ccc2c(n1)NCCC2)CCC(NC(=O)C(C)(C)C)C(=O)O. The lowest BCUT2D eigenvalue weighted by Gasteiger charge is -2.26. The fourth-order valence-corrected chi connectivity index (χ4v) is 3.65. The largest absolute Gasteiger partial charge is 0.480 e. The predicted molar refractivity (Wildman–Crippen MR) is 126 cm³/mol. The van der Waals surface area contributed by atoms with Crippen molar-refractivity contribution in [2.45, 2.75) is 65.3 Å². The van der Waals surface area contributed by atoms with Crippen molar-refractivity contribution in [1.29, 1.82) is 0 Å². The van der Waals surface area contributed by atoms with Gasteiger partial charge in [-0.25, -0.2) is 9.78 Å². The number of hydrogen-bond acceptors (Lipinski definition) is 6. The van der Waals surface area contributed by atoms with Crippen LogP contribution in [0.25, 0.3) is 0 Å². The van der Waals surface area contributed by atoms with E-state index in [1.807, 2.05) is 0 Å². The second kappa shape index (κ2) is 12.7. The number of aryl methyl sites for hydroxylation is 2. The number of aliphatic carboxylic acids is 1. The highest BCUT2D eigenvalue weighted by Crippen LogP contribution is 2.20. The topological polar surface area (TPSA) is 104 Å². The second-order valence-electron chi connectivity index (χ2n) is 9.54. The molecule has 0 radical (unpaired) electrons. The Bertz CT molecular complexity index is 748. The number of unbranched alkanes of at least 4 members (excludes halogenated alkanes) is 1. The highest BCUT2D eigenvalue weighted by molar-refractivity contribution is 5.86. The molecule has 1 unspecified atom stereocenters. The Kier molecular flexibility index (Phi) is 10.4. The molecule has 1 atom stereocenters. The van der Waals surface area contributed by atoms with E-state index in [1.165, 1.54) is 5.56 Å². The monoisotopic (exact) mass is 448 g/mol. The highest BCUT2D eigenvalue weighted by atomic mass is 16.5. The van der Waals surface area contributed by atoms with Crippen molar-refractivity contribution in [2.24, 2.45) is 5.41 Å². The van der Waals surface area contributed by atoms with Gasteiger partial charge >= 0.3 is 5.97 Å². The number of amides is 1. The number of nitrogens with zero attached hydrogens (tertiary/aromatic N) is 2. The summed E-state index contributed by atoms with van der Waals surface area (Å²) in [5, 5.41) is 15.6. The van der Waals surface area contributed by atoms with Gasteiger partial charge in [0.2, 0.25) is 5.91 Å². The van der Waals surface area contributed by atoms with Crippen LogP contribution in [-0.2, 0) is 27.2 Å². The number of anilines is 1. The predicted octanol–water partition coefficient (Wildman–Crippen LogP) is 2.72. The molecule has 2 rings (SSSR count). The summed E-state index contributed by atoms with van der Waals surface area (Å²) in [4.78, 5) is 30.8. The van der Waals surface area contributed by atoms with E-state index in [1.54, 1.807) is 27.9 Å². The summed E-state index contributed by atoms with van der Waals surface area (Å²) in [6.07, 6.45) is 5.54. The molecule has 8 nitrogen and oxygen atoms in total. The smallest absolute Gasteiger partial charge is 0.326 e. The maximum atomic E-state index is 12.2. The zero-order chi connectivity index (χ0) is 23.6. The van der Waals surface area contributed by atoms with Crippen molar-refractivity contribution in [2.75, 3.05) is 45.2 Å². The summed E-state index contributed by atoms with van der Waals surface area (Å²) in [6.45, 7) is 9.09. The number of fused-ring (bicyclic) bond motifs is 1. The molecule has 2 heterocycles. The van der Waals surface area contributed by atoms with E-state index in [4.69, 9.17) is 9.72 Å². The molecule has 1 amide bonds. The Labute approximate surface area is 192 Å². The van der Waals surface area contributed by atoms with Crippen molar-refractivity contribution in [3.8, 4) is 0 Å². The summed E-state index contributed by atoms with van der Waals surface area (Å²) < 4.78 is 5.22. The Hall–Kier alpha value is -2.19. The quantitative estimate of drug-likeness (QED) is 0.399. The Morgan fingerprint density at radius 1 is 1.25 bits per heavy atom. The number of rotatable bonds is 13. The van der Waals surface area contributed by atoms with Crippen molar-refractivity contribution in [3.63, 3.8) is 0 Å². The molecule has 1 aromatic heterocycles. The van der Waals surface area contributed by atoms with E-state index < -0.39 is 17.4 Å². The number of carbonyl (C=O) groups excluding carboxylic acids is 1. The molecule has 0 bridgehead atoms. The van der Waals surface area contributed by atoms with Gasteiger partial charge in [0.1, 0.15) is 11.9 Å². The Morgan fingerprint density at radius 3 is 2.72 bits per heavy atom. The number of aromatic nitrogens is 1. The first-order valence-electron chi connectivity index (χ1n) is 11.7. The Morgan fingerprint density at radius 2 is 2.03 bits per heavy atom. The van der Waals surface area contributed by atoms with Crippen LogP contribution in [-0.4, -0.2) is 72.8 Å². The molecule has 180 valence electrons. The van der Waals surface area contributed by atoms with Gasteiger partial charge in [-0.05, 0) is 56.7 Å². The number of carboxylic acid groups (broad SMARTS) is 1. The van der Waals surface area contributed by atoms with Gasteiger partial charge in [-0.15, -0.1) is 0 Å². The van der Waals surface area contributed by atoms with Crippen LogP contribution in [0.15, 0.2) is 12.1 Å². The zero-order valence-electron chi connectivity index (χ0n) is 20.1. The molecular formula is C24H40N4O4. The average Bonchev–Trinajstić information content (AvgIpc) is 2.75. The zero-order valence-corrected chi connectivity index (χ0v) is 20.1. The van der Waals surface area contributed by atoms with Crippen molar-refractivity contribution >= 4 is 17.7 Å². The molecular weight excluding hydrogens is 408 g/mol. The van der Waals surface area contributed by atoms with Crippen LogP contribution in [0.4, 0.5) is 5.82 Å². The molecule has 0 saturated heterocycles. The molecule has 0 saturated carbocycles. The highest BCUT2D eigenvalue weighted by Gasteiger charge is 2.27. The molecule has 0 spiro atoms. The van der Waals surface area contributed by atoms with Gasteiger partial charge in [0.05, 0.1) is 6.61 Å². The molecule has 3 N–H and O–H groups in total. The first-order valence-corrected chi connectivity index (χ1v) is 11.7. The number of carboxylic acids is 1. The lowest BCUT2D eigenvalue weighted by atomic mass is 9.95. The standard InChI is InChI=1S/C24H40N4O4/c1-24(2,3)23(31)27-20(22(29)30)12-15-28(16-17-32-4)14-6-5-9-19-11-10-18-8-7-13-25-21(18)26-19/h10-11,20H,5-9,12-17H2,1-4H3,(H,25,26)(H,27,31)(H,29,30). The number of hydrogen-bond donors (Lipinski definition) is 3. The number of pyridine rings is 1. The molecule has 0 fully saturated rings. The van der Waals surface area contributed by atoms with Crippen LogP contribution < -0.4 is 10.6 Å². The van der Waals surface area contributed by atoms with Gasteiger partial charge in [-0.3, -0.25) is 4.79 Å². The van der Waals surface area contributed by atoms with Crippen molar-refractivity contribution in [1.82, 2.24) is 15.2 Å². The van der Waals surface area contributed by atoms with Crippen LogP contribution in [0.2, 0.25) is 0 Å². The maximum Gasteiger partial charge on any atom is 0.326 e. The van der Waals surface area contributed by atoms with Crippen LogP contribution >= 0.6 is 0 Å². The minimum absolute atomic E-state index is 0.250. The summed E-state index contributed by atoms with van der Waals surface area (Å²) in [6, 6.07) is 3.43. The van der Waals surface area contributed by atoms with E-state index in [0.717, 1.165) is 63.3 Å². The van der Waals surface area contributed by atoms with Gasteiger partial charge in [0, 0.05) is 37.9 Å². The fourth-order valence-electron chi connectivity index (χ4n) is 3.65. The third-order valence-corrected chi connectivity index (χ3v) is 5.74. The molecule has 0 aromatic carbocycles. The summed E-state index contributed by atoms with van der Waals surface area (Å²) in [7, 11) is 1.66. The van der Waals surface area contributed by atoms with Crippen molar-refractivity contribution in [3.05, 3.63) is 23.4 Å². The van der Waals surface area contributed by atoms with Crippen molar-refractivity contribution < 1.29 is 19.4 Å². The normalized spacial score (nSPS) is 14.5. The van der Waals surface area contributed by atoms with Crippen LogP contribution in [0.3, 0.4) is 0 Å². The van der Waals surface area contributed by atoms with Gasteiger partial charge < -0.3 is 25.4 Å². The average molecular weight is 449 g/mol. The number of carbonyl (C=O) groups is 2. The van der Waals surface area contributed by atoms with Crippen LogP contribution in [0.1, 0.15) is 57.7 Å². The molecule has 1 aliphatic heterocycles. The summed E-state index contributed by atoms with van der Waals surface area (Å²) in [5.74, 6) is -0.214. The maximum absolute atomic E-state index is 12.2. The van der Waals surface area contributed by atoms with E-state index in [2.05, 4.69) is 27.7 Å². The fraction of sp³-hybridized carbons (Fsp3) is 0.708. The van der Waals surface area contributed by atoms with Gasteiger partial charge in [0.15, 0.2) is 0 Å². The molecule has 1 aliphatic rings. The van der Waals surface area contributed by atoms with E-state index >= 15 is 0 Å². The third-order valence-electron chi connectivity index (χ3n) is 5.74. The minimum atomic E-state index is -0.999. The van der Waals surface area contributed by atoms with Gasteiger partial charge in [-0.1, -0.05) is 26.8 Å². The van der Waals surface area contributed by atoms with Gasteiger partial charge in [-0.2, -0.15) is 0 Å². The first-order chi connectivity index (χ1) is 15.2. The summed E-state index contributed by atoms with van der Waals surface area (Å²) in [5.41, 5.74) is 1.79. The second-order valence-corrected chi connectivity index (χ2v) is 9.54. The lowest BCUT2D eigenvalue weighted by molar-refractivity contribution is -0.143. The summed E-state index contributed by atoms with van der Waals surface area (Å²) >= 11 is 0.